The average molecular weight is 380 g/mol. The van der Waals surface area contributed by atoms with Crippen LogP contribution < -0.4 is 10.6 Å². The zero-order valence-corrected chi connectivity index (χ0v) is 14.9. The summed E-state index contributed by atoms with van der Waals surface area (Å²) < 4.78 is 0. The number of rotatable bonds is 11. The van der Waals surface area contributed by atoms with E-state index in [1.807, 2.05) is 0 Å². The van der Waals surface area contributed by atoms with E-state index in [9.17, 15) is 29.4 Å². The predicted molar refractivity (Wildman–Crippen MR) is 94.8 cm³/mol. The predicted octanol–water partition coefficient (Wildman–Crippen LogP) is -0.0810. The molecule has 0 bridgehead atoms. The minimum Gasteiger partial charge on any atom is -0.481 e. The Bertz CT molecular complexity index is 661. The van der Waals surface area contributed by atoms with Crippen molar-refractivity contribution in [2.24, 2.45) is 0 Å². The van der Waals surface area contributed by atoms with Gasteiger partial charge in [-0.15, -0.1) is 0 Å². The van der Waals surface area contributed by atoms with Crippen LogP contribution in [-0.2, 0) is 25.6 Å². The molecule has 0 aliphatic rings. The van der Waals surface area contributed by atoms with E-state index in [0.29, 0.717) is 0 Å². The monoisotopic (exact) mass is 380 g/mol. The lowest BCUT2D eigenvalue weighted by Gasteiger charge is -2.21. The maximum Gasteiger partial charge on any atom is 0.326 e. The maximum absolute atomic E-state index is 12.5. The van der Waals surface area contributed by atoms with Crippen LogP contribution in [0.2, 0.25) is 0 Å². The molecule has 0 aromatic heterocycles. The summed E-state index contributed by atoms with van der Waals surface area (Å²) in [6.45, 7) is 1.43. The Morgan fingerprint density at radius 2 is 1.63 bits per heavy atom. The minimum atomic E-state index is -1.39. The highest BCUT2D eigenvalue weighted by atomic mass is 16.4. The van der Waals surface area contributed by atoms with Crippen LogP contribution in [0.15, 0.2) is 30.3 Å². The molecule has 0 fully saturated rings. The molecular formula is C18H24N2O7. The number of carboxylic acid groups (broad SMARTS) is 2. The minimum absolute atomic E-state index is 0.115. The molecule has 0 radical (unpaired) electrons. The third-order valence-corrected chi connectivity index (χ3v) is 3.68. The summed E-state index contributed by atoms with van der Waals surface area (Å²) in [6.07, 6.45) is -1.69. The molecule has 148 valence electrons. The number of hydrogen-bond acceptors (Lipinski definition) is 5. The second-order valence-corrected chi connectivity index (χ2v) is 6.19. The van der Waals surface area contributed by atoms with Crippen LogP contribution in [-0.4, -0.2) is 57.3 Å². The van der Waals surface area contributed by atoms with Gasteiger partial charge in [0, 0.05) is 12.8 Å². The molecule has 2 amide bonds. The highest BCUT2D eigenvalue weighted by Gasteiger charge is 2.27. The van der Waals surface area contributed by atoms with Gasteiger partial charge in [0.15, 0.2) is 0 Å². The molecule has 1 unspecified atom stereocenters. The Morgan fingerprint density at radius 1 is 1.00 bits per heavy atom. The fraction of sp³-hybridized carbons (Fsp3) is 0.444. The Kier molecular flexibility index (Phi) is 8.94. The molecule has 1 aromatic rings. The molecule has 0 heterocycles. The highest BCUT2D eigenvalue weighted by molar-refractivity contribution is 5.90. The van der Waals surface area contributed by atoms with Crippen molar-refractivity contribution in [2.75, 3.05) is 0 Å². The molecule has 9 nitrogen and oxygen atoms in total. The third-order valence-electron chi connectivity index (χ3n) is 3.68. The van der Waals surface area contributed by atoms with E-state index in [1.165, 1.54) is 6.92 Å². The average Bonchev–Trinajstić information content (AvgIpc) is 2.57. The molecule has 3 atom stereocenters. The first kappa shape index (κ1) is 22.1. The summed E-state index contributed by atoms with van der Waals surface area (Å²) >= 11 is 0. The number of nitrogens with one attached hydrogen (secondary N) is 2. The Labute approximate surface area is 156 Å². The topological polar surface area (TPSA) is 153 Å². The highest BCUT2D eigenvalue weighted by Crippen LogP contribution is 2.06. The number of carboxylic acids is 2. The lowest BCUT2D eigenvalue weighted by Crippen LogP contribution is -2.52. The lowest BCUT2D eigenvalue weighted by atomic mass is 10.0. The van der Waals surface area contributed by atoms with Gasteiger partial charge in [-0.05, 0) is 18.9 Å². The van der Waals surface area contributed by atoms with Crippen LogP contribution in [0.3, 0.4) is 0 Å². The van der Waals surface area contributed by atoms with E-state index in [-0.39, 0.29) is 19.3 Å². The molecule has 0 aliphatic carbocycles. The standard InChI is InChI=1S/C18H24N2O7/c1-11(21)9-15(22)19-14(10-12-5-3-2-4-6-12)17(25)20-13(18(26)27)7-8-16(23)24/h2-6,11,13-14,21H,7-10H2,1H3,(H,19,22)(H,20,25)(H,23,24)(H,26,27)/t11?,13-,14-/m0/s1. The van der Waals surface area contributed by atoms with Crippen LogP contribution in [0, 0.1) is 0 Å². The fourth-order valence-corrected chi connectivity index (χ4v) is 2.38. The number of aliphatic hydroxyl groups excluding tert-OH is 1. The first-order valence-electron chi connectivity index (χ1n) is 8.45. The van der Waals surface area contributed by atoms with Gasteiger partial charge in [0.25, 0.3) is 0 Å². The molecule has 5 N–H and O–H groups in total. The normalized spacial score (nSPS) is 13.9. The van der Waals surface area contributed by atoms with Gasteiger partial charge >= 0.3 is 11.9 Å². The van der Waals surface area contributed by atoms with E-state index in [2.05, 4.69) is 10.6 Å². The summed E-state index contributed by atoms with van der Waals surface area (Å²) in [5, 5.41) is 31.9. The molecular weight excluding hydrogens is 356 g/mol. The van der Waals surface area contributed by atoms with Crippen molar-refractivity contribution in [3.05, 3.63) is 35.9 Å². The maximum atomic E-state index is 12.5. The van der Waals surface area contributed by atoms with Crippen LogP contribution in [0.4, 0.5) is 0 Å². The second-order valence-electron chi connectivity index (χ2n) is 6.19. The third kappa shape index (κ3) is 8.82. The van der Waals surface area contributed by atoms with Gasteiger partial charge in [0.1, 0.15) is 12.1 Å². The van der Waals surface area contributed by atoms with Gasteiger partial charge in [-0.25, -0.2) is 4.79 Å². The molecule has 0 saturated carbocycles. The zero-order chi connectivity index (χ0) is 20.4. The van der Waals surface area contributed by atoms with E-state index in [0.717, 1.165) is 5.56 Å². The smallest absolute Gasteiger partial charge is 0.326 e. The molecule has 1 rings (SSSR count). The number of aliphatic carboxylic acids is 2. The Hall–Kier alpha value is -2.94. The molecule has 0 saturated heterocycles. The van der Waals surface area contributed by atoms with Crippen LogP contribution in [0.25, 0.3) is 0 Å². The number of carbonyl (C=O) groups excluding carboxylic acids is 2. The van der Waals surface area contributed by atoms with Gasteiger partial charge in [-0.2, -0.15) is 0 Å². The van der Waals surface area contributed by atoms with E-state index in [4.69, 9.17) is 5.11 Å². The van der Waals surface area contributed by atoms with Crippen molar-refractivity contribution in [3.63, 3.8) is 0 Å². The van der Waals surface area contributed by atoms with E-state index < -0.39 is 48.4 Å². The van der Waals surface area contributed by atoms with Crippen molar-refractivity contribution in [1.29, 1.82) is 0 Å². The van der Waals surface area contributed by atoms with Gasteiger partial charge < -0.3 is 26.0 Å². The van der Waals surface area contributed by atoms with Crippen molar-refractivity contribution in [3.8, 4) is 0 Å². The van der Waals surface area contributed by atoms with Crippen molar-refractivity contribution < 1.29 is 34.5 Å². The molecule has 0 aliphatic heterocycles. The molecule has 0 spiro atoms. The van der Waals surface area contributed by atoms with Gasteiger partial charge in [0.05, 0.1) is 12.5 Å². The first-order valence-corrected chi connectivity index (χ1v) is 8.45. The Balaban J connectivity index is 2.87. The van der Waals surface area contributed by atoms with Crippen molar-refractivity contribution in [1.82, 2.24) is 10.6 Å². The summed E-state index contributed by atoms with van der Waals surface area (Å²) in [5.41, 5.74) is 0.743. The van der Waals surface area contributed by atoms with E-state index in [1.54, 1.807) is 30.3 Å². The molecule has 1 aromatic carbocycles. The number of amides is 2. The Morgan fingerprint density at radius 3 is 2.15 bits per heavy atom. The molecule has 27 heavy (non-hydrogen) atoms. The first-order chi connectivity index (χ1) is 12.7. The van der Waals surface area contributed by atoms with Crippen molar-refractivity contribution >= 4 is 23.8 Å². The van der Waals surface area contributed by atoms with Crippen LogP contribution in [0.1, 0.15) is 31.7 Å². The second kappa shape index (κ2) is 10.9. The summed E-state index contributed by atoms with van der Waals surface area (Å²) in [6, 6.07) is 6.35. The number of aliphatic hydroxyl groups is 1. The summed E-state index contributed by atoms with van der Waals surface area (Å²) in [5.74, 6) is -3.84. The fourth-order valence-electron chi connectivity index (χ4n) is 2.38. The summed E-state index contributed by atoms with van der Waals surface area (Å²) in [4.78, 5) is 46.4. The van der Waals surface area contributed by atoms with E-state index >= 15 is 0 Å². The van der Waals surface area contributed by atoms with Crippen molar-refractivity contribution in [2.45, 2.75) is 50.8 Å². The van der Waals surface area contributed by atoms with Crippen LogP contribution in [0.5, 0.6) is 0 Å². The molecule has 9 heteroatoms. The SMILES string of the molecule is CC(O)CC(=O)N[C@@H](Cc1ccccc1)C(=O)N[C@@H](CCC(=O)O)C(=O)O. The lowest BCUT2D eigenvalue weighted by molar-refractivity contribution is -0.143. The van der Waals surface area contributed by atoms with Gasteiger partial charge in [0.2, 0.25) is 11.8 Å². The quantitative estimate of drug-likeness (QED) is 0.360. The number of carbonyl (C=O) groups is 4. The summed E-state index contributed by atoms with van der Waals surface area (Å²) in [7, 11) is 0. The largest absolute Gasteiger partial charge is 0.481 e. The zero-order valence-electron chi connectivity index (χ0n) is 14.9. The number of benzene rings is 1. The van der Waals surface area contributed by atoms with Gasteiger partial charge in [-0.1, -0.05) is 30.3 Å². The van der Waals surface area contributed by atoms with Gasteiger partial charge in [-0.3, -0.25) is 14.4 Å². The number of hydrogen-bond donors (Lipinski definition) is 5. The van der Waals surface area contributed by atoms with Crippen LogP contribution >= 0.6 is 0 Å².